The van der Waals surface area contributed by atoms with Crippen LogP contribution < -0.4 is 24.8 Å². The van der Waals surface area contributed by atoms with Crippen molar-refractivity contribution < 1.29 is 53.5 Å². The quantitative estimate of drug-likeness (QED) is 0.181. The van der Waals surface area contributed by atoms with Crippen molar-refractivity contribution in [1.82, 2.24) is 10.6 Å². The Morgan fingerprint density at radius 2 is 1.31 bits per heavy atom. The lowest BCUT2D eigenvalue weighted by molar-refractivity contribution is -0.141. The van der Waals surface area contributed by atoms with Crippen LogP contribution in [0.4, 0.5) is 0 Å². The number of hydrogen-bond acceptors (Lipinski definition) is 8. The Labute approximate surface area is 223 Å². The third-order valence-corrected chi connectivity index (χ3v) is 5.01. The second-order valence-corrected chi connectivity index (χ2v) is 8.14. The number of carbonyl (C=O) groups is 5. The number of carboxylic acid groups (broad SMARTS) is 3. The molecule has 2 amide bonds. The molecule has 0 spiro atoms. The summed E-state index contributed by atoms with van der Waals surface area (Å²) in [4.78, 5) is 57.5. The van der Waals surface area contributed by atoms with E-state index < -0.39 is 43.6 Å². The van der Waals surface area contributed by atoms with Gasteiger partial charge in [-0.3, -0.25) is 9.59 Å². The molecule has 0 aliphatic rings. The van der Waals surface area contributed by atoms with Gasteiger partial charge in [-0.2, -0.15) is 0 Å². The average molecular weight is 547 g/mol. The summed E-state index contributed by atoms with van der Waals surface area (Å²) >= 11 is 0. The van der Waals surface area contributed by atoms with Crippen molar-refractivity contribution in [3.8, 4) is 28.4 Å². The van der Waals surface area contributed by atoms with E-state index in [1.165, 1.54) is 18.2 Å². The van der Waals surface area contributed by atoms with Crippen LogP contribution in [0, 0.1) is 0 Å². The molecule has 0 heterocycles. The van der Waals surface area contributed by atoms with Crippen LogP contribution in [0.2, 0.25) is 0 Å². The first kappa shape index (κ1) is 30.4. The van der Waals surface area contributed by atoms with Crippen LogP contribution in [0.5, 0.6) is 17.2 Å². The lowest BCUT2D eigenvalue weighted by Gasteiger charge is -2.17. The fourth-order valence-electron chi connectivity index (χ4n) is 3.26. The Hall–Kier alpha value is -4.81. The molecular formula is C26H30N2O11. The molecule has 0 fully saturated rings. The third-order valence-electron chi connectivity index (χ3n) is 5.01. The van der Waals surface area contributed by atoms with Gasteiger partial charge in [0.05, 0.1) is 0 Å². The van der Waals surface area contributed by atoms with E-state index >= 15 is 0 Å². The lowest BCUT2D eigenvalue weighted by atomic mass is 10.0. The van der Waals surface area contributed by atoms with Gasteiger partial charge in [0.1, 0.15) is 0 Å². The highest BCUT2D eigenvalue weighted by molar-refractivity contribution is 5.95. The van der Waals surface area contributed by atoms with Gasteiger partial charge in [-0.1, -0.05) is 25.5 Å². The van der Waals surface area contributed by atoms with E-state index in [1.54, 1.807) is 18.2 Å². The molecular weight excluding hydrogens is 516 g/mol. The van der Waals surface area contributed by atoms with Gasteiger partial charge < -0.3 is 40.2 Å². The Morgan fingerprint density at radius 1 is 0.744 bits per heavy atom. The molecule has 13 heteroatoms. The number of hydrogen-bond donors (Lipinski definition) is 5. The van der Waals surface area contributed by atoms with E-state index in [0.29, 0.717) is 17.5 Å². The maximum absolute atomic E-state index is 12.7. The monoisotopic (exact) mass is 546 g/mol. The summed E-state index contributed by atoms with van der Waals surface area (Å²) in [6.07, 6.45) is 2.10. The third kappa shape index (κ3) is 10.6. The number of aliphatic carboxylic acids is 3. The van der Waals surface area contributed by atoms with Crippen molar-refractivity contribution in [3.63, 3.8) is 0 Å². The highest BCUT2D eigenvalue weighted by Gasteiger charge is 2.20. The minimum Gasteiger partial charge on any atom is -0.479 e. The van der Waals surface area contributed by atoms with Crippen molar-refractivity contribution >= 4 is 29.7 Å². The standard InChI is InChI=1S/C26H30N2O11/c1-2-3-7-21(29)27-8-9-28-26(36)17-6-4-5-16(10-17)18-11-19(37-13-22(30)31)25(39-15-24(34)35)20(12-18)38-14-23(32)33/h4-6,10-12H,2-3,7-9,13-15H2,1H3,(H,27,29)(H,28,36)(H,30,31)(H,32,33)(H,34,35). The largest absolute Gasteiger partial charge is 0.479 e. The van der Waals surface area contributed by atoms with Crippen LogP contribution in [0.25, 0.3) is 11.1 Å². The van der Waals surface area contributed by atoms with Gasteiger partial charge in [-0.15, -0.1) is 0 Å². The highest BCUT2D eigenvalue weighted by atomic mass is 16.6. The molecule has 0 aromatic heterocycles. The first-order valence-corrected chi connectivity index (χ1v) is 12.0. The summed E-state index contributed by atoms with van der Waals surface area (Å²) < 4.78 is 15.7. The highest BCUT2D eigenvalue weighted by Crippen LogP contribution is 2.42. The number of carbonyl (C=O) groups excluding carboxylic acids is 2. The summed E-state index contributed by atoms with van der Waals surface area (Å²) in [7, 11) is 0. The maximum atomic E-state index is 12.7. The van der Waals surface area contributed by atoms with Gasteiger partial charge in [-0.25, -0.2) is 14.4 Å². The Bertz CT molecular complexity index is 1160. The van der Waals surface area contributed by atoms with Crippen molar-refractivity contribution in [1.29, 1.82) is 0 Å². The lowest BCUT2D eigenvalue weighted by Crippen LogP contribution is -2.34. The summed E-state index contributed by atoms with van der Waals surface area (Å²) in [6, 6.07) is 9.05. The number of rotatable bonds is 17. The SMILES string of the molecule is CCCCC(=O)NCCNC(=O)c1cccc(-c2cc(OCC(=O)O)c(OCC(=O)O)c(OCC(=O)O)c2)c1. The Kier molecular flexibility index (Phi) is 12.0. The minimum absolute atomic E-state index is 0.0919. The second kappa shape index (κ2) is 15.4. The molecule has 2 aromatic carbocycles. The van der Waals surface area contributed by atoms with Crippen molar-refractivity contribution in [2.24, 2.45) is 0 Å². The molecule has 5 N–H and O–H groups in total. The molecule has 0 radical (unpaired) electrons. The van der Waals surface area contributed by atoms with Crippen molar-refractivity contribution in [2.75, 3.05) is 32.9 Å². The smallest absolute Gasteiger partial charge is 0.341 e. The average Bonchev–Trinajstić information content (AvgIpc) is 2.90. The molecule has 13 nitrogen and oxygen atoms in total. The van der Waals surface area contributed by atoms with Crippen LogP contribution in [-0.4, -0.2) is 78.0 Å². The van der Waals surface area contributed by atoms with E-state index in [0.717, 1.165) is 12.8 Å². The van der Waals surface area contributed by atoms with E-state index in [4.69, 9.17) is 29.5 Å². The van der Waals surface area contributed by atoms with E-state index in [1.807, 2.05) is 6.92 Å². The van der Waals surface area contributed by atoms with Crippen LogP contribution >= 0.6 is 0 Å². The fourth-order valence-corrected chi connectivity index (χ4v) is 3.26. The van der Waals surface area contributed by atoms with E-state index in [9.17, 15) is 24.0 Å². The molecule has 0 saturated carbocycles. The number of amides is 2. The molecule has 0 unspecified atom stereocenters. The zero-order chi connectivity index (χ0) is 28.8. The van der Waals surface area contributed by atoms with Gasteiger partial charge in [0.2, 0.25) is 11.7 Å². The number of benzene rings is 2. The van der Waals surface area contributed by atoms with Gasteiger partial charge in [0.15, 0.2) is 31.3 Å². The van der Waals surface area contributed by atoms with Crippen LogP contribution in [0.3, 0.4) is 0 Å². The number of ether oxygens (including phenoxy) is 3. The summed E-state index contributed by atoms with van der Waals surface area (Å²) in [5.74, 6) is -5.19. The predicted molar refractivity (Wildman–Crippen MR) is 136 cm³/mol. The molecule has 39 heavy (non-hydrogen) atoms. The first-order valence-electron chi connectivity index (χ1n) is 12.0. The number of carboxylic acids is 3. The van der Waals surface area contributed by atoms with E-state index in [-0.39, 0.29) is 41.8 Å². The topological polar surface area (TPSA) is 198 Å². The van der Waals surface area contributed by atoms with Gasteiger partial charge in [0.25, 0.3) is 5.91 Å². The summed E-state index contributed by atoms with van der Waals surface area (Å²) in [5.41, 5.74) is 1.08. The van der Waals surface area contributed by atoms with Crippen LogP contribution in [0.1, 0.15) is 36.5 Å². The van der Waals surface area contributed by atoms with Crippen LogP contribution in [0.15, 0.2) is 36.4 Å². The van der Waals surface area contributed by atoms with Gasteiger partial charge in [0, 0.05) is 25.1 Å². The van der Waals surface area contributed by atoms with Crippen LogP contribution in [-0.2, 0) is 19.2 Å². The fraction of sp³-hybridized carbons (Fsp3) is 0.346. The van der Waals surface area contributed by atoms with Gasteiger partial charge >= 0.3 is 17.9 Å². The van der Waals surface area contributed by atoms with Gasteiger partial charge in [-0.05, 0) is 41.8 Å². The first-order chi connectivity index (χ1) is 18.6. The summed E-state index contributed by atoms with van der Waals surface area (Å²) in [5, 5.41) is 32.5. The van der Waals surface area contributed by atoms with Crippen molar-refractivity contribution in [2.45, 2.75) is 26.2 Å². The molecule has 0 aliphatic carbocycles. The molecule has 0 bridgehead atoms. The zero-order valence-electron chi connectivity index (χ0n) is 21.2. The Morgan fingerprint density at radius 3 is 1.87 bits per heavy atom. The maximum Gasteiger partial charge on any atom is 0.341 e. The zero-order valence-corrected chi connectivity index (χ0v) is 21.2. The Balaban J connectivity index is 2.31. The normalized spacial score (nSPS) is 10.3. The number of unbranched alkanes of at least 4 members (excludes halogenated alkanes) is 1. The number of nitrogens with one attached hydrogen (secondary N) is 2. The molecule has 0 atom stereocenters. The molecule has 0 saturated heterocycles. The predicted octanol–water partition coefficient (Wildman–Crippen LogP) is 1.78. The second-order valence-electron chi connectivity index (χ2n) is 8.14. The molecule has 2 rings (SSSR count). The van der Waals surface area contributed by atoms with Crippen molar-refractivity contribution in [3.05, 3.63) is 42.0 Å². The minimum atomic E-state index is -1.34. The van der Waals surface area contributed by atoms with E-state index in [2.05, 4.69) is 10.6 Å². The molecule has 210 valence electrons. The summed E-state index contributed by atoms with van der Waals surface area (Å²) in [6.45, 7) is 0.0144. The molecule has 0 aliphatic heterocycles. The molecule has 2 aromatic rings.